The van der Waals surface area contributed by atoms with Crippen molar-refractivity contribution in [3.05, 3.63) is 29.3 Å². The van der Waals surface area contributed by atoms with Crippen LogP contribution in [0.25, 0.3) is 0 Å². The molecular weight excluding hydrogens is 318 g/mol. The van der Waals surface area contributed by atoms with E-state index in [1.54, 1.807) is 6.07 Å². The third-order valence-electron chi connectivity index (χ3n) is 7.44. The molecule has 0 radical (unpaired) electrons. The van der Waals surface area contributed by atoms with Crippen molar-refractivity contribution in [3.63, 3.8) is 0 Å². The van der Waals surface area contributed by atoms with Gasteiger partial charge in [-0.05, 0) is 56.0 Å². The van der Waals surface area contributed by atoms with E-state index in [-0.39, 0.29) is 29.5 Å². The van der Waals surface area contributed by atoms with Gasteiger partial charge in [-0.15, -0.1) is 0 Å². The van der Waals surface area contributed by atoms with Gasteiger partial charge in [0.1, 0.15) is 5.75 Å². The first kappa shape index (κ1) is 16.1. The van der Waals surface area contributed by atoms with E-state index in [1.165, 1.54) is 11.1 Å². The van der Waals surface area contributed by atoms with E-state index in [9.17, 15) is 10.2 Å². The number of phenolic OH excluding ortho intramolecular Hbond substituents is 1. The highest BCUT2D eigenvalue weighted by Crippen LogP contribution is 2.69. The van der Waals surface area contributed by atoms with Gasteiger partial charge in [-0.25, -0.2) is 0 Å². The van der Waals surface area contributed by atoms with E-state index in [0.717, 1.165) is 25.8 Å². The van der Waals surface area contributed by atoms with Crippen molar-refractivity contribution in [1.29, 1.82) is 0 Å². The van der Waals surface area contributed by atoms with Crippen LogP contribution in [0.5, 0.6) is 5.75 Å². The van der Waals surface area contributed by atoms with Gasteiger partial charge >= 0.3 is 0 Å². The fourth-order valence-corrected chi connectivity index (χ4v) is 7.12. The molecule has 5 rings (SSSR count). The fraction of sp³-hybridized carbons (Fsp3) is 0.700. The number of ether oxygens (including phenoxy) is 1. The number of nitrogens with zero attached hydrogens (tertiary/aromatic N) is 1. The summed E-state index contributed by atoms with van der Waals surface area (Å²) in [5.41, 5.74) is 2.69. The minimum Gasteiger partial charge on any atom is -0.508 e. The summed E-state index contributed by atoms with van der Waals surface area (Å²) in [5.74, 6) is 0.506. The van der Waals surface area contributed by atoms with Gasteiger partial charge < -0.3 is 25.0 Å². The van der Waals surface area contributed by atoms with E-state index in [4.69, 9.17) is 9.84 Å². The van der Waals surface area contributed by atoms with Crippen LogP contribution >= 0.6 is 0 Å². The molecule has 3 N–H and O–H groups in total. The Labute approximate surface area is 148 Å². The molecule has 2 saturated carbocycles. The summed E-state index contributed by atoms with van der Waals surface area (Å²) in [4.78, 5) is 2.41. The normalized spacial score (nSPS) is 44.6. The molecule has 1 aromatic rings. The lowest BCUT2D eigenvalue weighted by molar-refractivity contribution is -0.106. The second kappa shape index (κ2) is 5.19. The maximum atomic E-state index is 11.1. The smallest absolute Gasteiger partial charge is 0.115 e. The van der Waals surface area contributed by atoms with Crippen LogP contribution in [0.3, 0.4) is 0 Å². The zero-order valence-corrected chi connectivity index (χ0v) is 14.7. The Morgan fingerprint density at radius 2 is 2.20 bits per heavy atom. The first-order valence-corrected chi connectivity index (χ1v) is 9.42. The van der Waals surface area contributed by atoms with Crippen molar-refractivity contribution < 1.29 is 20.1 Å². The second-order valence-corrected chi connectivity index (χ2v) is 8.82. The van der Waals surface area contributed by atoms with E-state index in [2.05, 4.69) is 18.0 Å². The Balaban J connectivity index is 1.63. The van der Waals surface area contributed by atoms with Crippen LogP contribution in [-0.4, -0.2) is 65.3 Å². The predicted molar refractivity (Wildman–Crippen MR) is 92.5 cm³/mol. The summed E-state index contributed by atoms with van der Waals surface area (Å²) in [7, 11) is 2.17. The van der Waals surface area contributed by atoms with Gasteiger partial charge in [0, 0.05) is 29.3 Å². The van der Waals surface area contributed by atoms with Gasteiger partial charge in [-0.3, -0.25) is 0 Å². The van der Waals surface area contributed by atoms with Crippen LogP contribution in [0, 0.1) is 11.3 Å². The molecular formula is C20H27NO4. The van der Waals surface area contributed by atoms with Gasteiger partial charge in [0.25, 0.3) is 0 Å². The first-order chi connectivity index (χ1) is 12.0. The van der Waals surface area contributed by atoms with E-state index in [1.807, 2.05) is 6.07 Å². The third-order valence-corrected chi connectivity index (χ3v) is 7.44. The number of aliphatic hydroxyl groups excluding tert-OH is 2. The van der Waals surface area contributed by atoms with E-state index < -0.39 is 6.10 Å². The van der Waals surface area contributed by atoms with Crippen molar-refractivity contribution in [2.75, 3.05) is 26.8 Å². The molecule has 0 aromatic heterocycles. The Bertz CT molecular complexity index is 709. The molecule has 1 aromatic carbocycles. The maximum Gasteiger partial charge on any atom is 0.115 e. The molecule has 3 fully saturated rings. The van der Waals surface area contributed by atoms with Gasteiger partial charge in [0.05, 0.1) is 25.4 Å². The lowest BCUT2D eigenvalue weighted by atomic mass is 9.58. The molecule has 25 heavy (non-hydrogen) atoms. The number of hydrogen-bond acceptors (Lipinski definition) is 5. The minimum atomic E-state index is -0.402. The third kappa shape index (κ3) is 1.98. The van der Waals surface area contributed by atoms with Crippen LogP contribution in [0.15, 0.2) is 18.2 Å². The average Bonchev–Trinajstić information content (AvgIpc) is 2.76. The molecule has 4 aliphatic rings. The number of rotatable bonds is 3. The number of aliphatic hydroxyl groups is 2. The molecule has 5 nitrogen and oxygen atoms in total. The number of benzene rings is 1. The monoisotopic (exact) mass is 345 g/mol. The molecule has 5 heteroatoms. The molecule has 1 aliphatic heterocycles. The fourth-order valence-electron chi connectivity index (χ4n) is 7.12. The second-order valence-electron chi connectivity index (χ2n) is 8.82. The topological polar surface area (TPSA) is 73.2 Å². The number of likely N-dealkylation sites (tertiary alicyclic amines) is 1. The number of phenols is 1. The largest absolute Gasteiger partial charge is 0.508 e. The highest BCUT2D eigenvalue weighted by molar-refractivity contribution is 5.49. The van der Waals surface area contributed by atoms with Crippen molar-refractivity contribution >= 4 is 0 Å². The Morgan fingerprint density at radius 3 is 2.96 bits per heavy atom. The summed E-state index contributed by atoms with van der Waals surface area (Å²) in [5, 5.41) is 30.3. The summed E-state index contributed by atoms with van der Waals surface area (Å²) in [6.45, 7) is 1.42. The van der Waals surface area contributed by atoms with Crippen LogP contribution in [-0.2, 0) is 16.6 Å². The van der Waals surface area contributed by atoms with E-state index in [0.29, 0.717) is 24.8 Å². The molecule has 2 spiro atoms. The number of fused-ring (bicyclic) bond motifs is 2. The van der Waals surface area contributed by atoms with Crippen LogP contribution < -0.4 is 0 Å². The van der Waals surface area contributed by atoms with Gasteiger partial charge in [0.15, 0.2) is 0 Å². The summed E-state index contributed by atoms with van der Waals surface area (Å²) in [6, 6.07) is 6.22. The quantitative estimate of drug-likeness (QED) is 0.763. The van der Waals surface area contributed by atoms with Crippen molar-refractivity contribution in [1.82, 2.24) is 4.90 Å². The highest BCUT2D eigenvalue weighted by atomic mass is 16.5. The minimum absolute atomic E-state index is 0.00962. The number of aromatic hydroxyl groups is 1. The summed E-state index contributed by atoms with van der Waals surface area (Å²) >= 11 is 0. The van der Waals surface area contributed by atoms with Gasteiger partial charge in [-0.1, -0.05) is 6.07 Å². The van der Waals surface area contributed by atoms with Crippen LogP contribution in [0.1, 0.15) is 30.4 Å². The van der Waals surface area contributed by atoms with Crippen LogP contribution in [0.2, 0.25) is 0 Å². The molecule has 5 unspecified atom stereocenters. The van der Waals surface area contributed by atoms with E-state index >= 15 is 0 Å². The molecule has 2 bridgehead atoms. The Hall–Kier alpha value is -1.14. The SMILES string of the molecule is CN1CC23Cc4ccc(O)cc4C4(CC(OCCO)C[C@@H](O)C4C12)C3. The average molecular weight is 345 g/mol. The van der Waals surface area contributed by atoms with Crippen LogP contribution in [0.4, 0.5) is 0 Å². The lowest BCUT2D eigenvalue weighted by Crippen LogP contribution is -2.64. The Kier molecular flexibility index (Phi) is 3.34. The molecule has 136 valence electrons. The number of hydrogen-bond donors (Lipinski definition) is 3. The van der Waals surface area contributed by atoms with Gasteiger partial charge in [0.2, 0.25) is 0 Å². The zero-order chi connectivity index (χ0) is 17.4. The maximum absolute atomic E-state index is 11.1. The van der Waals surface area contributed by atoms with Crippen molar-refractivity contribution in [2.45, 2.75) is 49.3 Å². The van der Waals surface area contributed by atoms with Crippen molar-refractivity contribution in [2.24, 2.45) is 11.3 Å². The van der Waals surface area contributed by atoms with Crippen molar-refractivity contribution in [3.8, 4) is 5.75 Å². The zero-order valence-electron chi connectivity index (χ0n) is 14.7. The first-order valence-electron chi connectivity index (χ1n) is 9.42. The summed E-state index contributed by atoms with van der Waals surface area (Å²) < 4.78 is 5.87. The summed E-state index contributed by atoms with van der Waals surface area (Å²) in [6.07, 6.45) is 3.20. The highest BCUT2D eigenvalue weighted by Gasteiger charge is 2.72. The molecule has 0 amide bonds. The molecule has 6 atom stereocenters. The predicted octanol–water partition coefficient (Wildman–Crippen LogP) is 1.04. The molecule has 1 heterocycles. The Morgan fingerprint density at radius 1 is 1.36 bits per heavy atom. The molecule has 1 saturated heterocycles. The van der Waals surface area contributed by atoms with Gasteiger partial charge in [-0.2, -0.15) is 0 Å². The molecule has 3 aliphatic carbocycles. The standard InChI is InChI=1S/C20H27NO4/c1-21-11-19-8-12-2-3-13(23)6-15(12)20(10-19)9-14(25-5-4-22)7-16(24)17(20)18(19)21/h2-3,6,14,16-18,22-24H,4-5,7-11H2,1H3/t14?,16-,17?,18?,19?,20?/m1/s1. The lowest BCUT2D eigenvalue weighted by Gasteiger charge is -2.55.